The van der Waals surface area contributed by atoms with E-state index in [4.69, 9.17) is 4.55 Å². The Bertz CT molecular complexity index is 1150. The summed E-state index contributed by atoms with van der Waals surface area (Å²) in [6.45, 7) is 0. The van der Waals surface area contributed by atoms with Crippen LogP contribution in [0, 0.1) is 0 Å². The molecular weight excluding hydrogens is 599 g/mol. The van der Waals surface area contributed by atoms with Crippen molar-refractivity contribution in [3.63, 3.8) is 0 Å². The lowest BCUT2D eigenvalue weighted by atomic mass is 9.99. The number of rotatable bonds is 9. The molecule has 0 fully saturated rings. The Morgan fingerprint density at radius 2 is 1.03 bits per heavy atom. The molecule has 0 saturated carbocycles. The fourth-order valence-corrected chi connectivity index (χ4v) is 2.67. The molecule has 1 rings (SSSR count). The Kier molecular flexibility index (Phi) is 7.95. The minimum Gasteiger partial charge on any atom is -0.426 e. The zero-order valence-corrected chi connectivity index (χ0v) is 17.1. The van der Waals surface area contributed by atoms with Crippen LogP contribution in [0.2, 0.25) is 0 Å². The molecule has 4 nitrogen and oxygen atoms in total. The lowest BCUT2D eigenvalue weighted by molar-refractivity contribution is -0.392. The molecule has 0 aliphatic heterocycles. The Labute approximate surface area is 192 Å². The Hall–Kier alpha value is -2.52. The van der Waals surface area contributed by atoms with Crippen LogP contribution in [0.4, 0.5) is 74.6 Å². The summed E-state index contributed by atoms with van der Waals surface area (Å²) in [5.74, 6) is -52.6. The van der Waals surface area contributed by atoms with Gasteiger partial charge in [0.05, 0.1) is 0 Å². The molecule has 1 N–H and O–H groups in total. The number of benzene rings is 1. The van der Waals surface area contributed by atoms with Crippen LogP contribution in [0.25, 0.3) is 0 Å². The molecule has 22 heteroatoms. The molecule has 37 heavy (non-hydrogen) atoms. The highest BCUT2D eigenvalue weighted by Gasteiger charge is 2.84. The van der Waals surface area contributed by atoms with Crippen LogP contribution in [-0.2, 0) is 10.1 Å². The third kappa shape index (κ3) is 5.12. The van der Waals surface area contributed by atoms with E-state index in [1.54, 1.807) is 0 Å². The SMILES string of the molecule is O=S(=O)(O)c1ccccc1OC(F)(F)C(F)(F)C(F)(F)/C(F)=C(\F)C(F)(F)C(F)(F)C(F)(F)C(F)(F)F. The summed E-state index contributed by atoms with van der Waals surface area (Å²) < 4.78 is 258. The molecule has 0 aromatic heterocycles. The van der Waals surface area contributed by atoms with E-state index in [0.717, 1.165) is 0 Å². The molecule has 0 bridgehead atoms. The van der Waals surface area contributed by atoms with Gasteiger partial charge >= 0.3 is 41.9 Å². The maximum Gasteiger partial charge on any atom is 0.471 e. The number of allylic oxidation sites excluding steroid dienone is 2. The highest BCUT2D eigenvalue weighted by molar-refractivity contribution is 7.86. The predicted octanol–water partition coefficient (Wildman–Crippen LogP) is 6.79. The molecule has 0 aliphatic rings. The second-order valence-electron chi connectivity index (χ2n) is 6.54. The monoisotopic (exact) mass is 604 g/mol. The first-order valence-electron chi connectivity index (χ1n) is 8.17. The van der Waals surface area contributed by atoms with Crippen LogP contribution in [0.3, 0.4) is 0 Å². The first-order chi connectivity index (χ1) is 16.0. The summed E-state index contributed by atoms with van der Waals surface area (Å²) in [7, 11) is -5.66. The van der Waals surface area contributed by atoms with Crippen LogP contribution >= 0.6 is 0 Å². The molecule has 0 atom stereocenters. The predicted molar refractivity (Wildman–Crippen MR) is 81.9 cm³/mol. The fourth-order valence-electron chi connectivity index (χ4n) is 2.06. The molecule has 0 unspecified atom stereocenters. The van der Waals surface area contributed by atoms with Gasteiger partial charge in [0.2, 0.25) is 11.7 Å². The van der Waals surface area contributed by atoms with E-state index in [2.05, 4.69) is 4.74 Å². The Morgan fingerprint density at radius 3 is 1.41 bits per heavy atom. The normalized spacial score (nSPS) is 15.9. The van der Waals surface area contributed by atoms with Crippen LogP contribution in [0.15, 0.2) is 40.8 Å². The van der Waals surface area contributed by atoms with Gasteiger partial charge in [-0.1, -0.05) is 12.1 Å². The minimum atomic E-state index is -8.20. The van der Waals surface area contributed by atoms with Crippen LogP contribution in [-0.4, -0.2) is 54.9 Å². The second kappa shape index (κ2) is 9.05. The molecular formula is C15H5F17O4S. The quantitative estimate of drug-likeness (QED) is 0.249. The summed E-state index contributed by atoms with van der Waals surface area (Å²) in [4.78, 5) is -1.85. The van der Waals surface area contributed by atoms with E-state index in [-0.39, 0.29) is 12.1 Å². The fraction of sp³-hybridized carbons (Fsp3) is 0.467. The highest BCUT2D eigenvalue weighted by Crippen LogP contribution is 2.58. The van der Waals surface area contributed by atoms with Crippen LogP contribution in [0.5, 0.6) is 5.75 Å². The average molecular weight is 604 g/mol. The molecule has 214 valence electrons. The number of ether oxygens (including phenoxy) is 1. The van der Waals surface area contributed by atoms with Gasteiger partial charge in [-0.25, -0.2) is 8.78 Å². The first kappa shape index (κ1) is 32.5. The number of para-hydroxylation sites is 1. The van der Waals surface area contributed by atoms with Gasteiger partial charge in [0.15, 0.2) is 0 Å². The lowest BCUT2D eigenvalue weighted by Crippen LogP contribution is -2.62. The summed E-state index contributed by atoms with van der Waals surface area (Å²) >= 11 is 0. The Balaban J connectivity index is 3.68. The van der Waals surface area contributed by atoms with E-state index in [1.165, 1.54) is 0 Å². The Morgan fingerprint density at radius 1 is 0.649 bits per heavy atom. The van der Waals surface area contributed by atoms with Crippen molar-refractivity contribution in [3.8, 4) is 5.75 Å². The van der Waals surface area contributed by atoms with Crippen molar-refractivity contribution in [1.82, 2.24) is 0 Å². The molecule has 0 heterocycles. The number of hydrogen-bond donors (Lipinski definition) is 1. The standard InChI is InChI=1S/C15H5F17O4S/c16-7(9(18,19)11(22,23)13(26,27)14(28,29)30)8(17)10(20,21)12(24,25)15(31,32)36-5-3-1-2-4-6(5)37(33,34)35/h1-4H,(H,33,34,35)/b8-7+. The number of alkyl halides is 15. The van der Waals surface area contributed by atoms with Crippen molar-refractivity contribution in [3.05, 3.63) is 35.9 Å². The largest absolute Gasteiger partial charge is 0.471 e. The van der Waals surface area contributed by atoms with Gasteiger partial charge in [-0.2, -0.15) is 74.3 Å². The van der Waals surface area contributed by atoms with E-state index < -0.39 is 74.3 Å². The smallest absolute Gasteiger partial charge is 0.426 e. The molecule has 1 aromatic rings. The van der Waals surface area contributed by atoms with Crippen molar-refractivity contribution in [2.75, 3.05) is 0 Å². The summed E-state index contributed by atoms with van der Waals surface area (Å²) in [5, 5.41) is 0. The summed E-state index contributed by atoms with van der Waals surface area (Å²) in [6.07, 6.45) is -14.7. The van der Waals surface area contributed by atoms with Gasteiger partial charge in [0, 0.05) is 0 Å². The van der Waals surface area contributed by atoms with Crippen molar-refractivity contribution in [1.29, 1.82) is 0 Å². The number of hydrogen-bond acceptors (Lipinski definition) is 3. The van der Waals surface area contributed by atoms with E-state index in [9.17, 15) is 83.1 Å². The zero-order valence-electron chi connectivity index (χ0n) is 16.3. The highest BCUT2D eigenvalue weighted by atomic mass is 32.2. The van der Waals surface area contributed by atoms with Gasteiger partial charge < -0.3 is 4.74 Å². The maximum atomic E-state index is 13.8. The van der Waals surface area contributed by atoms with Gasteiger partial charge in [0.25, 0.3) is 10.1 Å². The minimum absolute atomic E-state index is 0.0358. The van der Waals surface area contributed by atoms with Gasteiger partial charge in [-0.15, -0.1) is 0 Å². The van der Waals surface area contributed by atoms with Gasteiger partial charge in [-0.3, -0.25) is 4.55 Å². The van der Waals surface area contributed by atoms with Crippen LogP contribution < -0.4 is 4.74 Å². The van der Waals surface area contributed by atoms with Gasteiger partial charge in [0.1, 0.15) is 10.6 Å². The van der Waals surface area contributed by atoms with Crippen molar-refractivity contribution < 1.29 is 92.3 Å². The summed E-state index contributed by atoms with van der Waals surface area (Å²) in [5.41, 5.74) is 0. The average Bonchev–Trinajstić information content (AvgIpc) is 2.70. The second-order valence-corrected chi connectivity index (χ2v) is 7.93. The van der Waals surface area contributed by atoms with Crippen molar-refractivity contribution in [2.45, 2.75) is 46.8 Å². The number of halogens is 17. The van der Waals surface area contributed by atoms with E-state index in [1.807, 2.05) is 0 Å². The topological polar surface area (TPSA) is 63.6 Å². The molecule has 0 saturated heterocycles. The molecule has 0 amide bonds. The first-order valence-corrected chi connectivity index (χ1v) is 9.61. The van der Waals surface area contributed by atoms with Crippen molar-refractivity contribution in [2.24, 2.45) is 0 Å². The zero-order chi connectivity index (χ0) is 29.8. The van der Waals surface area contributed by atoms with Gasteiger partial charge in [-0.05, 0) is 12.1 Å². The van der Waals surface area contributed by atoms with E-state index >= 15 is 0 Å². The maximum absolute atomic E-state index is 13.8. The third-order valence-corrected chi connectivity index (χ3v) is 4.91. The lowest BCUT2D eigenvalue weighted by Gasteiger charge is -2.34. The van der Waals surface area contributed by atoms with E-state index in [0.29, 0.717) is 12.1 Å². The third-order valence-electron chi connectivity index (χ3n) is 4.01. The molecule has 0 aliphatic carbocycles. The van der Waals surface area contributed by atoms with Crippen LogP contribution in [0.1, 0.15) is 0 Å². The molecule has 1 aromatic carbocycles. The van der Waals surface area contributed by atoms with Crippen molar-refractivity contribution >= 4 is 10.1 Å². The summed E-state index contributed by atoms with van der Waals surface area (Å²) in [6, 6.07) is 1.16. The molecule has 0 spiro atoms. The molecule has 0 radical (unpaired) electrons.